The monoisotopic (exact) mass is 698 g/mol. The maximum atomic E-state index is 13.8. The van der Waals surface area contributed by atoms with Crippen LogP contribution in [0.15, 0.2) is 60.7 Å². The van der Waals surface area contributed by atoms with E-state index in [1.54, 1.807) is 12.1 Å². The molecule has 5 rings (SSSR count). The van der Waals surface area contributed by atoms with Crippen molar-refractivity contribution in [2.75, 3.05) is 38.6 Å². The van der Waals surface area contributed by atoms with E-state index in [0.29, 0.717) is 35.8 Å². The second-order valence-electron chi connectivity index (χ2n) is 13.6. The van der Waals surface area contributed by atoms with Gasteiger partial charge >= 0.3 is 5.97 Å². The Hall–Kier alpha value is -3.99. The number of carbonyl (C=O) groups excluding carboxylic acids is 2. The van der Waals surface area contributed by atoms with Crippen molar-refractivity contribution in [2.45, 2.75) is 72.4 Å². The van der Waals surface area contributed by atoms with Crippen LogP contribution in [0.25, 0.3) is 22.2 Å². The standard InChI is InChI=1S/C40H50N4O5S/c1-5-9-36-42-38-28(4)23-31(39(46)41-32(22-27(2)3)26-50-37(45)12-8-17-43-18-20-49-21-19-43)24-35(38)44(36)25-29-13-15-30(16-14-29)33-10-6-7-11-34(33)40(47)48/h6-7,10-11,13-16,23-24,27,32H,5,8-9,12,17-22,25-26H2,1-4H3,(H,41,46)(H,47,48)/t32-/m1/s1. The summed E-state index contributed by atoms with van der Waals surface area (Å²) in [6.45, 7) is 13.2. The molecule has 0 bridgehead atoms. The Morgan fingerprint density at radius 1 is 1.04 bits per heavy atom. The molecule has 1 atom stereocenters. The van der Waals surface area contributed by atoms with Crippen molar-refractivity contribution in [3.63, 3.8) is 0 Å². The van der Waals surface area contributed by atoms with Crippen molar-refractivity contribution in [2.24, 2.45) is 5.92 Å². The zero-order valence-corrected chi connectivity index (χ0v) is 30.6. The van der Waals surface area contributed by atoms with Crippen LogP contribution in [0.3, 0.4) is 0 Å². The molecule has 1 fully saturated rings. The van der Waals surface area contributed by atoms with Crippen LogP contribution in [0, 0.1) is 12.8 Å². The predicted molar refractivity (Wildman–Crippen MR) is 201 cm³/mol. The molecule has 2 heterocycles. The van der Waals surface area contributed by atoms with Gasteiger partial charge in [-0.15, -0.1) is 0 Å². The summed E-state index contributed by atoms with van der Waals surface area (Å²) in [5.74, 6) is 0.778. The number of hydrogen-bond acceptors (Lipinski definition) is 7. The lowest BCUT2D eigenvalue weighted by molar-refractivity contribution is -0.111. The van der Waals surface area contributed by atoms with Crippen LogP contribution in [0.2, 0.25) is 0 Å². The third kappa shape index (κ3) is 9.83. The van der Waals surface area contributed by atoms with Gasteiger partial charge in [0.1, 0.15) is 5.82 Å². The lowest BCUT2D eigenvalue weighted by atomic mass is 9.98. The van der Waals surface area contributed by atoms with Crippen molar-refractivity contribution in [1.82, 2.24) is 19.8 Å². The molecule has 2 N–H and O–H groups in total. The van der Waals surface area contributed by atoms with E-state index in [1.807, 2.05) is 55.5 Å². The molecule has 0 aliphatic carbocycles. The van der Waals surface area contributed by atoms with Gasteiger partial charge in [0.25, 0.3) is 5.91 Å². The van der Waals surface area contributed by atoms with Gasteiger partial charge in [-0.1, -0.05) is 75.0 Å². The number of rotatable bonds is 16. The summed E-state index contributed by atoms with van der Waals surface area (Å²) in [6.07, 6.45) is 3.88. The molecule has 10 heteroatoms. The van der Waals surface area contributed by atoms with Crippen LogP contribution >= 0.6 is 11.8 Å². The first-order chi connectivity index (χ1) is 24.1. The van der Waals surface area contributed by atoms with E-state index in [4.69, 9.17) is 9.72 Å². The van der Waals surface area contributed by atoms with E-state index in [2.05, 4.69) is 35.6 Å². The minimum Gasteiger partial charge on any atom is -0.478 e. The molecule has 4 aromatic rings. The highest BCUT2D eigenvalue weighted by Gasteiger charge is 2.21. The lowest BCUT2D eigenvalue weighted by Gasteiger charge is -2.26. The Labute approximate surface area is 299 Å². The Morgan fingerprint density at radius 3 is 2.48 bits per heavy atom. The van der Waals surface area contributed by atoms with Gasteiger partial charge < -0.3 is 19.7 Å². The smallest absolute Gasteiger partial charge is 0.336 e. The molecule has 0 unspecified atom stereocenters. The van der Waals surface area contributed by atoms with E-state index in [1.165, 1.54) is 11.8 Å². The highest BCUT2D eigenvalue weighted by molar-refractivity contribution is 8.13. The molecule has 1 amide bonds. The van der Waals surface area contributed by atoms with Crippen molar-refractivity contribution < 1.29 is 24.2 Å². The molecule has 0 saturated carbocycles. The Bertz CT molecular complexity index is 1780. The van der Waals surface area contributed by atoms with Crippen molar-refractivity contribution in [3.8, 4) is 11.1 Å². The average molecular weight is 699 g/mol. The number of benzene rings is 3. The van der Waals surface area contributed by atoms with Crippen molar-refractivity contribution in [1.29, 1.82) is 0 Å². The van der Waals surface area contributed by atoms with Crippen LogP contribution in [0.4, 0.5) is 0 Å². The van der Waals surface area contributed by atoms with Crippen LogP contribution in [-0.2, 0) is 22.5 Å². The van der Waals surface area contributed by atoms with Crippen LogP contribution in [0.5, 0.6) is 0 Å². The largest absolute Gasteiger partial charge is 0.478 e. The number of carboxylic acid groups (broad SMARTS) is 1. The fraction of sp³-hybridized carbons (Fsp3) is 0.450. The summed E-state index contributed by atoms with van der Waals surface area (Å²) >= 11 is 1.33. The second-order valence-corrected chi connectivity index (χ2v) is 14.7. The van der Waals surface area contributed by atoms with Crippen molar-refractivity contribution >= 4 is 39.8 Å². The van der Waals surface area contributed by atoms with Gasteiger partial charge in [0.05, 0.1) is 29.8 Å². The molecule has 0 spiro atoms. The maximum absolute atomic E-state index is 13.8. The summed E-state index contributed by atoms with van der Waals surface area (Å²) in [5, 5.41) is 13.1. The summed E-state index contributed by atoms with van der Waals surface area (Å²) in [4.78, 5) is 45.7. The third-order valence-electron chi connectivity index (χ3n) is 9.12. The normalized spacial score (nSPS) is 14.3. The van der Waals surface area contributed by atoms with Crippen LogP contribution in [0.1, 0.15) is 84.1 Å². The van der Waals surface area contributed by atoms with E-state index in [9.17, 15) is 19.5 Å². The van der Waals surface area contributed by atoms with Gasteiger partial charge in [0.2, 0.25) is 0 Å². The fourth-order valence-electron chi connectivity index (χ4n) is 6.60. The molecular formula is C40H50N4O5S. The summed E-state index contributed by atoms with van der Waals surface area (Å²) in [7, 11) is 0. The molecular weight excluding hydrogens is 649 g/mol. The van der Waals surface area contributed by atoms with Crippen molar-refractivity contribution in [3.05, 3.63) is 88.7 Å². The highest BCUT2D eigenvalue weighted by Crippen LogP contribution is 2.27. The van der Waals surface area contributed by atoms with Gasteiger partial charge in [-0.2, -0.15) is 0 Å². The molecule has 1 aliphatic rings. The lowest BCUT2D eigenvalue weighted by Crippen LogP contribution is -2.38. The van der Waals surface area contributed by atoms with Crippen LogP contribution < -0.4 is 5.32 Å². The highest BCUT2D eigenvalue weighted by atomic mass is 32.2. The van der Waals surface area contributed by atoms with Gasteiger partial charge in [-0.3, -0.25) is 14.5 Å². The van der Waals surface area contributed by atoms with Gasteiger partial charge in [-0.05, 0) is 79.1 Å². The summed E-state index contributed by atoms with van der Waals surface area (Å²) < 4.78 is 7.61. The number of amides is 1. The quantitative estimate of drug-likeness (QED) is 0.126. The third-order valence-corrected chi connectivity index (χ3v) is 10.2. The first-order valence-corrected chi connectivity index (χ1v) is 18.8. The molecule has 1 aliphatic heterocycles. The average Bonchev–Trinajstić information content (AvgIpc) is 3.44. The number of aryl methyl sites for hydroxylation is 2. The topological polar surface area (TPSA) is 114 Å². The molecule has 50 heavy (non-hydrogen) atoms. The number of hydrogen-bond donors (Lipinski definition) is 2. The number of morpholine rings is 1. The first-order valence-electron chi connectivity index (χ1n) is 17.8. The Morgan fingerprint density at radius 2 is 1.78 bits per heavy atom. The Balaban J connectivity index is 1.30. The van der Waals surface area contributed by atoms with E-state index < -0.39 is 5.97 Å². The number of aromatic carboxylic acids is 1. The first kappa shape index (κ1) is 37.3. The van der Waals surface area contributed by atoms with Gasteiger partial charge in [0, 0.05) is 49.8 Å². The number of ether oxygens (including phenoxy) is 1. The molecule has 0 radical (unpaired) electrons. The maximum Gasteiger partial charge on any atom is 0.336 e. The number of carboxylic acids is 1. The summed E-state index contributed by atoms with van der Waals surface area (Å²) in [6, 6.07) is 18.7. The zero-order valence-electron chi connectivity index (χ0n) is 29.7. The van der Waals surface area contributed by atoms with Gasteiger partial charge in [-0.25, -0.2) is 9.78 Å². The van der Waals surface area contributed by atoms with Crippen LogP contribution in [-0.4, -0.2) is 81.2 Å². The molecule has 1 saturated heterocycles. The molecule has 9 nitrogen and oxygen atoms in total. The molecule has 266 valence electrons. The number of nitrogens with one attached hydrogen (secondary N) is 1. The van der Waals surface area contributed by atoms with E-state index >= 15 is 0 Å². The number of nitrogens with zero attached hydrogens (tertiary/aromatic N) is 3. The number of carbonyl (C=O) groups is 3. The van der Waals surface area contributed by atoms with E-state index in [-0.39, 0.29) is 22.6 Å². The fourth-order valence-corrected chi connectivity index (χ4v) is 7.50. The predicted octanol–water partition coefficient (Wildman–Crippen LogP) is 7.23. The minimum atomic E-state index is -0.952. The van der Waals surface area contributed by atoms with Gasteiger partial charge in [0.15, 0.2) is 5.12 Å². The minimum absolute atomic E-state index is 0.128. The molecule has 3 aromatic carbocycles. The number of thioether (sulfide) groups is 1. The number of fused-ring (bicyclic) bond motifs is 1. The molecule has 1 aromatic heterocycles. The number of imidazole rings is 1. The second kappa shape index (κ2) is 17.8. The Kier molecular flexibility index (Phi) is 13.3. The zero-order chi connectivity index (χ0) is 35.6. The number of aromatic nitrogens is 2. The SMILES string of the molecule is CCCc1nc2c(C)cc(C(=O)N[C@@H](CSC(=O)CCCN3CCOCC3)CC(C)C)cc2n1Cc1ccc(-c2ccccc2C(=O)O)cc1. The summed E-state index contributed by atoms with van der Waals surface area (Å²) in [5.41, 5.74) is 6.15. The van der Waals surface area contributed by atoms with E-state index in [0.717, 1.165) is 92.1 Å².